The Morgan fingerprint density at radius 1 is 1.18 bits per heavy atom. The molecule has 2 N–H and O–H groups in total. The van der Waals surface area contributed by atoms with Crippen molar-refractivity contribution in [1.29, 1.82) is 0 Å². The molecule has 2 aromatic heterocycles. The van der Waals surface area contributed by atoms with Gasteiger partial charge in [-0.2, -0.15) is 0 Å². The minimum Gasteiger partial charge on any atom is -0.417 e. The van der Waals surface area contributed by atoms with E-state index in [-0.39, 0.29) is 0 Å². The van der Waals surface area contributed by atoms with E-state index < -0.39 is 5.76 Å². The van der Waals surface area contributed by atoms with Crippen LogP contribution in [0.3, 0.4) is 0 Å². The summed E-state index contributed by atoms with van der Waals surface area (Å²) in [5, 5.41) is 0. The van der Waals surface area contributed by atoms with E-state index in [0.717, 1.165) is 0 Å². The van der Waals surface area contributed by atoms with Crippen molar-refractivity contribution >= 4 is 0 Å². The van der Waals surface area contributed by atoms with Crippen molar-refractivity contribution in [1.82, 2.24) is 9.97 Å². The summed E-state index contributed by atoms with van der Waals surface area (Å²) in [7, 11) is 0. The zero-order chi connectivity index (χ0) is 7.94. The second-order valence-electron chi connectivity index (χ2n) is 1.74. The van der Waals surface area contributed by atoms with Gasteiger partial charge in [-0.1, -0.05) is 0 Å². The summed E-state index contributed by atoms with van der Waals surface area (Å²) in [4.78, 5) is 15.0. The summed E-state index contributed by atoms with van der Waals surface area (Å²) in [5.41, 5.74) is 0. The average Bonchev–Trinajstić information content (AvgIpc) is 2.57. The van der Waals surface area contributed by atoms with E-state index in [1.54, 1.807) is 0 Å². The van der Waals surface area contributed by atoms with Crippen LogP contribution in [0, 0.1) is 0 Å². The third-order valence-electron chi connectivity index (χ3n) is 0.940. The van der Waals surface area contributed by atoms with Gasteiger partial charge in [0.05, 0.1) is 0 Å². The molecule has 4 nitrogen and oxygen atoms in total. The highest BCUT2D eigenvalue weighted by atomic mass is 16.4. The summed E-state index contributed by atoms with van der Waals surface area (Å²) in [6, 6.07) is 3.89. The van der Waals surface area contributed by atoms with Crippen LogP contribution in [0.4, 0.5) is 0 Å². The molecule has 0 aromatic carbocycles. The van der Waals surface area contributed by atoms with Gasteiger partial charge in [0.15, 0.2) is 0 Å². The van der Waals surface area contributed by atoms with Crippen LogP contribution in [0.1, 0.15) is 0 Å². The lowest BCUT2D eigenvalue weighted by Crippen LogP contribution is -1.91. The molecule has 0 bridgehead atoms. The monoisotopic (exact) mass is 152 g/mol. The molecule has 0 aliphatic heterocycles. The number of hydrogen-bond acceptors (Lipinski definition) is 2. The summed E-state index contributed by atoms with van der Waals surface area (Å²) in [6.45, 7) is 0. The highest BCUT2D eigenvalue weighted by Crippen LogP contribution is 1.72. The van der Waals surface area contributed by atoms with Crippen LogP contribution in [0.15, 0.2) is 46.2 Å². The Balaban J connectivity index is 0.000000112. The molecular weight excluding hydrogens is 144 g/mol. The van der Waals surface area contributed by atoms with Crippen molar-refractivity contribution in [2.75, 3.05) is 0 Å². The Kier molecular flexibility index (Phi) is 2.80. The molecule has 0 radical (unpaired) electrons. The summed E-state index contributed by atoms with van der Waals surface area (Å²) in [5.74, 6) is -0.407. The molecule has 0 spiro atoms. The number of H-pyrrole nitrogens is 2. The maximum absolute atomic E-state index is 9.85. The van der Waals surface area contributed by atoms with Crippen LogP contribution in [0.2, 0.25) is 0 Å². The smallest absolute Gasteiger partial charge is 0.416 e. The van der Waals surface area contributed by atoms with Crippen molar-refractivity contribution < 1.29 is 4.42 Å². The fourth-order valence-electron chi connectivity index (χ4n) is 0.510. The molecule has 0 unspecified atom stereocenters. The fourth-order valence-corrected chi connectivity index (χ4v) is 0.510. The van der Waals surface area contributed by atoms with E-state index in [1.807, 2.05) is 24.5 Å². The second kappa shape index (κ2) is 4.16. The van der Waals surface area contributed by atoms with Gasteiger partial charge in [-0.3, -0.25) is 4.98 Å². The largest absolute Gasteiger partial charge is 0.417 e. The molecule has 0 saturated carbocycles. The van der Waals surface area contributed by atoms with Gasteiger partial charge in [-0.15, -0.1) is 0 Å². The lowest BCUT2D eigenvalue weighted by molar-refractivity contribution is 0.515. The highest BCUT2D eigenvalue weighted by molar-refractivity contribution is 4.84. The molecule has 4 heteroatoms. The third kappa shape index (κ3) is 3.10. The lowest BCUT2D eigenvalue weighted by Gasteiger charge is -1.51. The first kappa shape index (κ1) is 7.40. The normalized spacial score (nSPS) is 8.36. The molecule has 0 amide bonds. The number of nitrogens with one attached hydrogen (secondary N) is 2. The Morgan fingerprint density at radius 2 is 1.91 bits per heavy atom. The average molecular weight is 152 g/mol. The van der Waals surface area contributed by atoms with Crippen molar-refractivity contribution in [3.63, 3.8) is 0 Å². The van der Waals surface area contributed by atoms with Crippen molar-refractivity contribution in [2.24, 2.45) is 0 Å². The maximum atomic E-state index is 9.85. The van der Waals surface area contributed by atoms with Crippen LogP contribution in [0.5, 0.6) is 0 Å². The summed E-state index contributed by atoms with van der Waals surface area (Å²) < 4.78 is 4.22. The molecule has 0 saturated heterocycles. The SMILES string of the molecule is O=c1[nH]cco1.c1cc[nH]c1. The lowest BCUT2D eigenvalue weighted by atomic mass is 10.7. The molecule has 11 heavy (non-hydrogen) atoms. The van der Waals surface area contributed by atoms with E-state index in [2.05, 4.69) is 14.4 Å². The van der Waals surface area contributed by atoms with Gasteiger partial charge in [-0.05, 0) is 12.1 Å². The quantitative estimate of drug-likeness (QED) is 0.591. The topological polar surface area (TPSA) is 61.8 Å². The van der Waals surface area contributed by atoms with Crippen molar-refractivity contribution in [3.05, 3.63) is 47.5 Å². The molecule has 2 heterocycles. The number of rotatable bonds is 0. The second-order valence-corrected chi connectivity index (χ2v) is 1.74. The Bertz CT molecular complexity index is 273. The van der Waals surface area contributed by atoms with Crippen LogP contribution in [0.25, 0.3) is 0 Å². The Labute approximate surface area is 62.9 Å². The highest BCUT2D eigenvalue weighted by Gasteiger charge is 1.72. The van der Waals surface area contributed by atoms with Crippen LogP contribution in [-0.4, -0.2) is 9.97 Å². The van der Waals surface area contributed by atoms with E-state index in [0.29, 0.717) is 0 Å². The van der Waals surface area contributed by atoms with E-state index in [9.17, 15) is 4.79 Å². The molecular formula is C7H8N2O2. The van der Waals surface area contributed by atoms with E-state index in [1.165, 1.54) is 12.5 Å². The first-order valence-corrected chi connectivity index (χ1v) is 3.09. The molecule has 0 aliphatic carbocycles. The van der Waals surface area contributed by atoms with Gasteiger partial charge in [0, 0.05) is 18.6 Å². The first-order valence-electron chi connectivity index (χ1n) is 3.09. The maximum Gasteiger partial charge on any atom is 0.416 e. The molecule has 0 fully saturated rings. The van der Waals surface area contributed by atoms with Crippen molar-refractivity contribution in [2.45, 2.75) is 0 Å². The standard InChI is InChI=1S/C4H5N.C3H3NO2/c1-2-4-5-3-1;5-3-4-1-2-6-3/h1-5H;1-2H,(H,4,5). The zero-order valence-electron chi connectivity index (χ0n) is 5.78. The minimum absolute atomic E-state index is 0.407. The van der Waals surface area contributed by atoms with Crippen LogP contribution < -0.4 is 5.76 Å². The molecule has 2 aromatic rings. The molecule has 58 valence electrons. The fraction of sp³-hybridized carbons (Fsp3) is 0. The number of aromatic nitrogens is 2. The number of aromatic amines is 2. The van der Waals surface area contributed by atoms with Gasteiger partial charge in [0.2, 0.25) is 0 Å². The molecule has 0 aliphatic rings. The molecule has 0 atom stereocenters. The summed E-state index contributed by atoms with van der Waals surface area (Å²) in [6.07, 6.45) is 6.48. The van der Waals surface area contributed by atoms with Gasteiger partial charge < -0.3 is 9.40 Å². The van der Waals surface area contributed by atoms with Crippen LogP contribution >= 0.6 is 0 Å². The Hall–Kier alpha value is -1.71. The third-order valence-corrected chi connectivity index (χ3v) is 0.940. The summed E-state index contributed by atoms with van der Waals surface area (Å²) >= 11 is 0. The molecule has 2 rings (SSSR count). The van der Waals surface area contributed by atoms with E-state index in [4.69, 9.17) is 0 Å². The predicted molar refractivity (Wildman–Crippen MR) is 40.1 cm³/mol. The first-order chi connectivity index (χ1) is 5.39. The van der Waals surface area contributed by atoms with Gasteiger partial charge in [0.25, 0.3) is 0 Å². The van der Waals surface area contributed by atoms with E-state index >= 15 is 0 Å². The predicted octanol–water partition coefficient (Wildman–Crippen LogP) is 0.983. The van der Waals surface area contributed by atoms with Crippen LogP contribution in [-0.2, 0) is 0 Å². The number of oxazole rings is 1. The van der Waals surface area contributed by atoms with Crippen molar-refractivity contribution in [3.8, 4) is 0 Å². The van der Waals surface area contributed by atoms with Gasteiger partial charge in [0.1, 0.15) is 6.26 Å². The Morgan fingerprint density at radius 3 is 2.09 bits per heavy atom. The minimum atomic E-state index is -0.407. The van der Waals surface area contributed by atoms with Gasteiger partial charge in [-0.25, -0.2) is 4.79 Å². The van der Waals surface area contributed by atoms with Gasteiger partial charge >= 0.3 is 5.76 Å². The zero-order valence-corrected chi connectivity index (χ0v) is 5.78. The number of hydrogen-bond donors (Lipinski definition) is 2.